The lowest BCUT2D eigenvalue weighted by molar-refractivity contribution is -0.162. The van der Waals surface area contributed by atoms with Gasteiger partial charge in [0, 0.05) is 18.9 Å². The number of nitrogens with one attached hydrogen (secondary N) is 1. The number of aliphatic hydroxyl groups is 1. The number of esters is 1. The molecule has 0 aromatic carbocycles. The van der Waals surface area contributed by atoms with Crippen LogP contribution in [0.2, 0.25) is 0 Å². The average Bonchev–Trinajstić information content (AvgIpc) is 2.66. The Balaban J connectivity index is 4.27. The summed E-state index contributed by atoms with van der Waals surface area (Å²) in [4.78, 5) is 33.9. The van der Waals surface area contributed by atoms with Gasteiger partial charge in [0.1, 0.15) is 13.2 Å². The second-order valence-corrected chi connectivity index (χ2v) is 8.98. The highest BCUT2D eigenvalue weighted by Gasteiger charge is 2.36. The zero-order valence-corrected chi connectivity index (χ0v) is 18.8. The van der Waals surface area contributed by atoms with Crippen molar-refractivity contribution in [1.82, 2.24) is 5.32 Å². The molecule has 11 nitrogen and oxygen atoms in total. The molecule has 2 N–H and O–H groups in total. The molecule has 1 amide bonds. The highest BCUT2D eigenvalue weighted by Crippen LogP contribution is 2.23. The van der Waals surface area contributed by atoms with Gasteiger partial charge in [-0.25, -0.2) is 9.59 Å². The van der Waals surface area contributed by atoms with Crippen molar-refractivity contribution in [3.8, 4) is 0 Å². The molecule has 0 aromatic heterocycles. The van der Waals surface area contributed by atoms with Gasteiger partial charge in [-0.15, -0.1) is 0 Å². The third kappa shape index (κ3) is 13.3. The SMILES string of the molecule is CCCCOC(=O)OCCOC(=O)[C@H](O)C(C)(C)COS(=O)(=O)CCCNC(C)=O. The Morgan fingerprint density at radius 3 is 2.23 bits per heavy atom. The summed E-state index contributed by atoms with van der Waals surface area (Å²) in [5, 5.41) is 12.6. The predicted octanol–water partition coefficient (Wildman–Crippen LogP) is 0.743. The van der Waals surface area contributed by atoms with Crippen LogP contribution in [0.15, 0.2) is 0 Å². The highest BCUT2D eigenvalue weighted by atomic mass is 32.2. The Bertz CT molecular complexity index is 647. The molecular formula is C18H33NO10S. The first-order valence-electron chi connectivity index (χ1n) is 9.67. The van der Waals surface area contributed by atoms with Crippen LogP contribution in [0, 0.1) is 5.41 Å². The molecule has 0 rings (SSSR count). The summed E-state index contributed by atoms with van der Waals surface area (Å²) < 4.78 is 43.0. The monoisotopic (exact) mass is 455 g/mol. The average molecular weight is 456 g/mol. The lowest BCUT2D eigenvalue weighted by atomic mass is 9.88. The van der Waals surface area contributed by atoms with Crippen LogP contribution in [0.25, 0.3) is 0 Å². The number of aliphatic hydroxyl groups excluding tert-OH is 1. The molecule has 1 atom stereocenters. The zero-order chi connectivity index (χ0) is 23.2. The fraction of sp³-hybridized carbons (Fsp3) is 0.833. The van der Waals surface area contributed by atoms with Crippen molar-refractivity contribution in [2.24, 2.45) is 5.41 Å². The van der Waals surface area contributed by atoms with Gasteiger partial charge in [-0.2, -0.15) is 8.42 Å². The van der Waals surface area contributed by atoms with Gasteiger partial charge in [-0.05, 0) is 12.8 Å². The molecule has 0 heterocycles. The van der Waals surface area contributed by atoms with E-state index in [0.717, 1.165) is 6.42 Å². The number of hydrogen-bond donors (Lipinski definition) is 2. The van der Waals surface area contributed by atoms with Crippen LogP contribution in [0.3, 0.4) is 0 Å². The Hall–Kier alpha value is -1.92. The largest absolute Gasteiger partial charge is 0.508 e. The summed E-state index contributed by atoms with van der Waals surface area (Å²) in [5.41, 5.74) is -1.26. The minimum atomic E-state index is -3.90. The first kappa shape index (κ1) is 28.1. The van der Waals surface area contributed by atoms with Gasteiger partial charge in [0.25, 0.3) is 10.1 Å². The van der Waals surface area contributed by atoms with Crippen LogP contribution in [0.1, 0.15) is 47.0 Å². The van der Waals surface area contributed by atoms with Gasteiger partial charge >= 0.3 is 12.1 Å². The molecule has 12 heteroatoms. The minimum Gasteiger partial charge on any atom is -0.460 e. The molecule has 0 radical (unpaired) electrons. The van der Waals surface area contributed by atoms with E-state index in [1.807, 2.05) is 6.92 Å². The maximum atomic E-state index is 12.0. The molecule has 0 aromatic rings. The Morgan fingerprint density at radius 2 is 1.63 bits per heavy atom. The van der Waals surface area contributed by atoms with E-state index in [4.69, 9.17) is 18.4 Å². The molecule has 0 fully saturated rings. The van der Waals surface area contributed by atoms with E-state index in [0.29, 0.717) is 6.42 Å². The maximum absolute atomic E-state index is 12.0. The van der Waals surface area contributed by atoms with Crippen LogP contribution in [0.5, 0.6) is 0 Å². The number of hydrogen-bond acceptors (Lipinski definition) is 10. The third-order valence-corrected chi connectivity index (χ3v) is 5.05. The number of carbonyl (C=O) groups is 3. The number of ether oxygens (including phenoxy) is 3. The summed E-state index contributed by atoms with van der Waals surface area (Å²) in [6.07, 6.45) is -0.812. The molecule has 0 bridgehead atoms. The van der Waals surface area contributed by atoms with Gasteiger partial charge in [-0.1, -0.05) is 27.2 Å². The van der Waals surface area contributed by atoms with Crippen molar-refractivity contribution in [2.45, 2.75) is 53.1 Å². The van der Waals surface area contributed by atoms with E-state index in [9.17, 15) is 27.9 Å². The predicted molar refractivity (Wildman–Crippen MR) is 106 cm³/mol. The first-order chi connectivity index (χ1) is 13.9. The van der Waals surface area contributed by atoms with Gasteiger partial charge < -0.3 is 24.6 Å². The van der Waals surface area contributed by atoms with E-state index >= 15 is 0 Å². The smallest absolute Gasteiger partial charge is 0.460 e. The number of carbonyl (C=O) groups excluding carboxylic acids is 3. The van der Waals surface area contributed by atoms with Crippen molar-refractivity contribution in [3.05, 3.63) is 0 Å². The molecule has 0 saturated heterocycles. The number of amides is 1. The van der Waals surface area contributed by atoms with Gasteiger partial charge in [0.2, 0.25) is 5.91 Å². The molecule has 0 saturated carbocycles. The van der Waals surface area contributed by atoms with E-state index in [2.05, 4.69) is 5.32 Å². The van der Waals surface area contributed by atoms with Crippen LogP contribution in [0.4, 0.5) is 4.79 Å². The van der Waals surface area contributed by atoms with Crippen LogP contribution < -0.4 is 5.32 Å². The topological polar surface area (TPSA) is 155 Å². The van der Waals surface area contributed by atoms with Gasteiger partial charge in [0.15, 0.2) is 6.10 Å². The molecule has 0 spiro atoms. The molecule has 0 aliphatic carbocycles. The number of unbranched alkanes of at least 4 members (excludes halogenated alkanes) is 1. The van der Waals surface area contributed by atoms with Crippen molar-refractivity contribution in [2.75, 3.05) is 38.7 Å². The van der Waals surface area contributed by atoms with E-state index < -0.39 is 40.4 Å². The van der Waals surface area contributed by atoms with Crippen LogP contribution >= 0.6 is 0 Å². The molecule has 176 valence electrons. The van der Waals surface area contributed by atoms with Gasteiger partial charge in [-0.3, -0.25) is 8.98 Å². The molecule has 30 heavy (non-hydrogen) atoms. The highest BCUT2D eigenvalue weighted by molar-refractivity contribution is 7.86. The maximum Gasteiger partial charge on any atom is 0.508 e. The fourth-order valence-corrected chi connectivity index (χ4v) is 3.00. The van der Waals surface area contributed by atoms with Crippen molar-refractivity contribution >= 4 is 28.1 Å². The zero-order valence-electron chi connectivity index (χ0n) is 18.0. The van der Waals surface area contributed by atoms with E-state index in [-0.39, 0.29) is 44.4 Å². The normalized spacial score (nSPS) is 12.7. The quantitative estimate of drug-likeness (QED) is 0.205. The summed E-state index contributed by atoms with van der Waals surface area (Å²) in [7, 11) is -3.90. The third-order valence-electron chi connectivity index (χ3n) is 3.78. The van der Waals surface area contributed by atoms with Gasteiger partial charge in [0.05, 0.1) is 19.0 Å². The summed E-state index contributed by atoms with van der Waals surface area (Å²) in [5.74, 6) is -1.60. The summed E-state index contributed by atoms with van der Waals surface area (Å²) in [6.45, 7) is 5.56. The second kappa shape index (κ2) is 14.1. The second-order valence-electron chi connectivity index (χ2n) is 7.22. The lowest BCUT2D eigenvalue weighted by Crippen LogP contribution is -2.42. The first-order valence-corrected chi connectivity index (χ1v) is 11.2. The minimum absolute atomic E-state index is 0.161. The Kier molecular flexibility index (Phi) is 13.2. The van der Waals surface area contributed by atoms with Crippen LogP contribution in [-0.4, -0.2) is 76.4 Å². The summed E-state index contributed by atoms with van der Waals surface area (Å²) >= 11 is 0. The summed E-state index contributed by atoms with van der Waals surface area (Å²) in [6, 6.07) is 0. The Morgan fingerprint density at radius 1 is 1.03 bits per heavy atom. The Labute approximate surface area is 177 Å². The van der Waals surface area contributed by atoms with Crippen LogP contribution in [-0.2, 0) is 38.1 Å². The molecule has 0 aliphatic heterocycles. The lowest BCUT2D eigenvalue weighted by Gasteiger charge is -2.28. The van der Waals surface area contributed by atoms with Crippen molar-refractivity contribution < 1.29 is 46.3 Å². The molecule has 0 unspecified atom stereocenters. The molecule has 0 aliphatic rings. The van der Waals surface area contributed by atoms with E-state index in [1.54, 1.807) is 0 Å². The molecular weight excluding hydrogens is 422 g/mol. The number of rotatable bonds is 15. The van der Waals surface area contributed by atoms with E-state index in [1.165, 1.54) is 20.8 Å². The fourth-order valence-electron chi connectivity index (χ4n) is 1.90. The van der Waals surface area contributed by atoms with Crippen molar-refractivity contribution in [1.29, 1.82) is 0 Å². The van der Waals surface area contributed by atoms with Crippen molar-refractivity contribution in [3.63, 3.8) is 0 Å². The standard InChI is InChI=1S/C18H33NO10S/c1-5-6-9-27-17(23)28-11-10-26-16(22)15(21)18(3,4)13-29-30(24,25)12-7-8-19-14(2)20/h15,21H,5-13H2,1-4H3,(H,19,20)/t15-/m0/s1.